The number of nitrogens with one attached hydrogen (secondary N) is 2. The number of benzene rings is 2. The van der Waals surface area contributed by atoms with E-state index in [9.17, 15) is 14.0 Å². The molecule has 0 bridgehead atoms. The van der Waals surface area contributed by atoms with Crippen LogP contribution in [0, 0.1) is 11.7 Å². The van der Waals surface area contributed by atoms with Crippen LogP contribution >= 0.6 is 0 Å². The Hall–Kier alpha value is -3.49. The van der Waals surface area contributed by atoms with Crippen molar-refractivity contribution in [2.45, 2.75) is 0 Å². The van der Waals surface area contributed by atoms with Crippen LogP contribution in [0.3, 0.4) is 0 Å². The first-order chi connectivity index (χ1) is 14.1. The Bertz CT molecular complexity index is 1010. The zero-order valence-electron chi connectivity index (χ0n) is 15.4. The van der Waals surface area contributed by atoms with E-state index in [1.807, 2.05) is 18.2 Å². The van der Waals surface area contributed by atoms with Crippen LogP contribution in [0.1, 0.15) is 10.4 Å². The maximum absolute atomic E-state index is 14.4. The van der Waals surface area contributed by atoms with Crippen molar-refractivity contribution in [1.82, 2.24) is 4.90 Å². The van der Waals surface area contributed by atoms with Gasteiger partial charge in [-0.05, 0) is 18.2 Å². The van der Waals surface area contributed by atoms with Crippen LogP contribution in [0.25, 0.3) is 0 Å². The summed E-state index contributed by atoms with van der Waals surface area (Å²) in [7, 11) is 0. The fourth-order valence-electron chi connectivity index (χ4n) is 3.60. The molecule has 3 aliphatic rings. The maximum atomic E-state index is 14.4. The lowest BCUT2D eigenvalue weighted by atomic mass is 9.99. The highest BCUT2D eigenvalue weighted by molar-refractivity contribution is 6.00. The Morgan fingerprint density at radius 2 is 2.10 bits per heavy atom. The summed E-state index contributed by atoms with van der Waals surface area (Å²) < 4.78 is 30.8. The Labute approximate surface area is 165 Å². The molecule has 150 valence electrons. The largest absolute Gasteiger partial charge is 0.491 e. The molecule has 3 aliphatic heterocycles. The van der Waals surface area contributed by atoms with Crippen molar-refractivity contribution in [2.75, 3.05) is 43.7 Å². The molecule has 0 aliphatic carbocycles. The highest BCUT2D eigenvalue weighted by atomic mass is 19.1. The van der Waals surface area contributed by atoms with E-state index in [1.54, 1.807) is 4.90 Å². The molecule has 5 rings (SSSR count). The zero-order valence-corrected chi connectivity index (χ0v) is 15.4. The van der Waals surface area contributed by atoms with E-state index in [4.69, 9.17) is 14.2 Å². The first-order valence-corrected chi connectivity index (χ1v) is 9.26. The Balaban J connectivity index is 1.20. The first-order valence-electron chi connectivity index (χ1n) is 9.26. The summed E-state index contributed by atoms with van der Waals surface area (Å²) in [6.45, 7) is 1.63. The maximum Gasteiger partial charge on any atom is 0.262 e. The number of halogens is 1. The second kappa shape index (κ2) is 6.84. The number of para-hydroxylation sites is 1. The number of ether oxygens (including phenoxy) is 3. The van der Waals surface area contributed by atoms with Crippen molar-refractivity contribution >= 4 is 23.2 Å². The number of rotatable bonds is 4. The molecule has 1 saturated heterocycles. The van der Waals surface area contributed by atoms with Gasteiger partial charge < -0.3 is 29.7 Å². The standard InChI is InChI=1S/C20H18FN3O5/c21-13-5-17-14(23-18(25)9-28-17)4-12(13)20(26)24-6-11(7-24)8-27-15-2-1-3-16-19(15)22-10-29-16/h1-5,11,22H,6-10H2,(H,23,25). The van der Waals surface area contributed by atoms with Crippen molar-refractivity contribution in [3.8, 4) is 17.2 Å². The van der Waals surface area contributed by atoms with E-state index < -0.39 is 11.7 Å². The number of fused-ring (bicyclic) bond motifs is 2. The lowest BCUT2D eigenvalue weighted by Crippen LogP contribution is -2.52. The Morgan fingerprint density at radius 1 is 1.24 bits per heavy atom. The number of carbonyl (C=O) groups excluding carboxylic acids is 2. The summed E-state index contributed by atoms with van der Waals surface area (Å²) in [6.07, 6.45) is 0. The third-order valence-corrected chi connectivity index (χ3v) is 5.12. The van der Waals surface area contributed by atoms with Gasteiger partial charge in [-0.2, -0.15) is 0 Å². The van der Waals surface area contributed by atoms with E-state index in [0.717, 1.165) is 17.5 Å². The monoisotopic (exact) mass is 399 g/mol. The minimum absolute atomic E-state index is 0.0869. The molecule has 0 atom stereocenters. The van der Waals surface area contributed by atoms with E-state index in [2.05, 4.69) is 10.6 Å². The van der Waals surface area contributed by atoms with Gasteiger partial charge in [0, 0.05) is 25.1 Å². The number of likely N-dealkylation sites (tertiary alicyclic amines) is 1. The van der Waals surface area contributed by atoms with E-state index in [1.165, 1.54) is 6.07 Å². The zero-order chi connectivity index (χ0) is 20.0. The number of carbonyl (C=O) groups is 2. The van der Waals surface area contributed by atoms with Crippen LogP contribution in [-0.4, -0.2) is 49.7 Å². The topological polar surface area (TPSA) is 89.1 Å². The summed E-state index contributed by atoms with van der Waals surface area (Å²) in [5, 5.41) is 5.71. The van der Waals surface area contributed by atoms with Gasteiger partial charge in [0.05, 0.1) is 17.9 Å². The quantitative estimate of drug-likeness (QED) is 0.818. The second-order valence-electron chi connectivity index (χ2n) is 7.15. The van der Waals surface area contributed by atoms with Crippen LogP contribution in [0.2, 0.25) is 0 Å². The molecule has 9 heteroatoms. The summed E-state index contributed by atoms with van der Waals surface area (Å²) in [6, 6.07) is 8.05. The molecule has 0 aromatic heterocycles. The molecule has 0 saturated carbocycles. The predicted octanol–water partition coefficient (Wildman–Crippen LogP) is 2.07. The number of hydrogen-bond acceptors (Lipinski definition) is 6. The normalized spacial score (nSPS) is 17.1. The van der Waals surface area contributed by atoms with Crippen molar-refractivity contribution in [3.63, 3.8) is 0 Å². The highest BCUT2D eigenvalue weighted by Crippen LogP contribution is 2.38. The number of hydrogen-bond donors (Lipinski definition) is 2. The third kappa shape index (κ3) is 3.18. The van der Waals surface area contributed by atoms with Gasteiger partial charge in [-0.25, -0.2) is 4.39 Å². The minimum atomic E-state index is -0.671. The minimum Gasteiger partial charge on any atom is -0.491 e. The van der Waals surface area contributed by atoms with Crippen molar-refractivity contribution in [2.24, 2.45) is 5.92 Å². The van der Waals surface area contributed by atoms with Gasteiger partial charge in [0.25, 0.3) is 11.8 Å². The molecular formula is C20H18FN3O5. The Kier molecular flexibility index (Phi) is 4.15. The smallest absolute Gasteiger partial charge is 0.262 e. The molecule has 2 N–H and O–H groups in total. The highest BCUT2D eigenvalue weighted by Gasteiger charge is 2.34. The van der Waals surface area contributed by atoms with Crippen LogP contribution in [0.4, 0.5) is 15.8 Å². The first kappa shape index (κ1) is 17.6. The van der Waals surface area contributed by atoms with Crippen molar-refractivity contribution in [3.05, 3.63) is 41.7 Å². The SMILES string of the molecule is O=C1COc2cc(F)c(C(=O)N3CC(COc4cccc5c4NCO5)C3)cc2N1. The van der Waals surface area contributed by atoms with Crippen LogP contribution in [0.5, 0.6) is 17.2 Å². The third-order valence-electron chi connectivity index (χ3n) is 5.12. The van der Waals surface area contributed by atoms with E-state index in [-0.39, 0.29) is 29.7 Å². The average molecular weight is 399 g/mol. The molecule has 29 heavy (non-hydrogen) atoms. The van der Waals surface area contributed by atoms with Gasteiger partial charge in [-0.15, -0.1) is 0 Å². The molecule has 0 radical (unpaired) electrons. The molecule has 3 heterocycles. The average Bonchev–Trinajstić information content (AvgIpc) is 3.16. The molecule has 2 aromatic rings. The van der Waals surface area contributed by atoms with Crippen molar-refractivity contribution < 1.29 is 28.2 Å². The van der Waals surface area contributed by atoms with Gasteiger partial charge in [-0.3, -0.25) is 9.59 Å². The number of anilines is 2. The molecule has 2 amide bonds. The fourth-order valence-corrected chi connectivity index (χ4v) is 3.60. The van der Waals surface area contributed by atoms with Gasteiger partial charge in [0.1, 0.15) is 28.8 Å². The van der Waals surface area contributed by atoms with Crippen molar-refractivity contribution in [1.29, 1.82) is 0 Å². The van der Waals surface area contributed by atoms with Gasteiger partial charge in [0.15, 0.2) is 13.3 Å². The van der Waals surface area contributed by atoms with Crippen LogP contribution < -0.4 is 24.8 Å². The lowest BCUT2D eigenvalue weighted by Gasteiger charge is -2.39. The van der Waals surface area contributed by atoms with Crippen LogP contribution in [-0.2, 0) is 4.79 Å². The molecular weight excluding hydrogens is 381 g/mol. The van der Waals surface area contributed by atoms with Gasteiger partial charge in [-0.1, -0.05) is 6.07 Å². The summed E-state index contributed by atoms with van der Waals surface area (Å²) in [4.78, 5) is 25.7. The molecule has 0 unspecified atom stereocenters. The lowest BCUT2D eigenvalue weighted by molar-refractivity contribution is -0.118. The number of nitrogens with zero attached hydrogens (tertiary/aromatic N) is 1. The summed E-state index contributed by atoms with van der Waals surface area (Å²) in [5.41, 5.74) is 1.05. The molecule has 0 spiro atoms. The Morgan fingerprint density at radius 3 is 2.97 bits per heavy atom. The van der Waals surface area contributed by atoms with E-state index in [0.29, 0.717) is 37.9 Å². The fraction of sp³-hybridized carbons (Fsp3) is 0.300. The second-order valence-corrected chi connectivity index (χ2v) is 7.15. The van der Waals surface area contributed by atoms with Gasteiger partial charge >= 0.3 is 0 Å². The molecule has 2 aromatic carbocycles. The van der Waals surface area contributed by atoms with E-state index >= 15 is 0 Å². The molecule has 1 fully saturated rings. The molecule has 8 nitrogen and oxygen atoms in total. The van der Waals surface area contributed by atoms with Gasteiger partial charge in [0.2, 0.25) is 0 Å². The summed E-state index contributed by atoms with van der Waals surface area (Å²) >= 11 is 0. The number of amides is 2. The van der Waals surface area contributed by atoms with Crippen LogP contribution in [0.15, 0.2) is 30.3 Å². The summed E-state index contributed by atoms with van der Waals surface area (Å²) in [5.74, 6) is 0.416. The predicted molar refractivity (Wildman–Crippen MR) is 101 cm³/mol.